The van der Waals surface area contributed by atoms with Crippen molar-refractivity contribution in [2.45, 2.75) is 24.6 Å². The molecule has 0 amide bonds. The predicted octanol–water partition coefficient (Wildman–Crippen LogP) is 2.41. The van der Waals surface area contributed by atoms with Crippen LogP contribution >= 0.6 is 0 Å². The fraction of sp³-hybridized carbons (Fsp3) is 0.316. The monoisotopic (exact) mass is 296 g/mol. The number of aliphatic hydroxyl groups is 2. The van der Waals surface area contributed by atoms with Crippen LogP contribution < -0.4 is 0 Å². The number of aliphatic hydroxyl groups excluding tert-OH is 2. The minimum absolute atomic E-state index is 0.0331. The van der Waals surface area contributed by atoms with Gasteiger partial charge < -0.3 is 10.2 Å². The Kier molecular flexibility index (Phi) is 4.88. The Morgan fingerprint density at radius 3 is 2.00 bits per heavy atom. The fourth-order valence-corrected chi connectivity index (χ4v) is 3.28. The standard InChI is InChI=1S/C19H22NO2/c21-14-17-18(22)12-7-13-20(17)19(15-8-3-1-4-9-15)16-10-5-2-6-11-16/h1-11,17-19,21-22H,12-14H2. The lowest BCUT2D eigenvalue weighted by Gasteiger charge is -2.43. The highest BCUT2D eigenvalue weighted by Crippen LogP contribution is 2.33. The molecule has 0 bridgehead atoms. The third-order valence-corrected chi connectivity index (χ3v) is 4.37. The van der Waals surface area contributed by atoms with Crippen LogP contribution in [0.15, 0.2) is 60.7 Å². The van der Waals surface area contributed by atoms with Crippen molar-refractivity contribution < 1.29 is 10.2 Å². The zero-order valence-corrected chi connectivity index (χ0v) is 12.5. The summed E-state index contributed by atoms with van der Waals surface area (Å²) in [5.41, 5.74) is 2.35. The van der Waals surface area contributed by atoms with E-state index in [0.29, 0.717) is 6.42 Å². The van der Waals surface area contributed by atoms with Crippen LogP contribution in [-0.4, -0.2) is 40.4 Å². The van der Waals surface area contributed by atoms with Crippen LogP contribution in [0.4, 0.5) is 0 Å². The highest BCUT2D eigenvalue weighted by Gasteiger charge is 2.35. The van der Waals surface area contributed by atoms with Crippen LogP contribution in [0.2, 0.25) is 0 Å². The Labute approximate surface area is 131 Å². The number of hydrogen-bond acceptors (Lipinski definition) is 3. The number of likely N-dealkylation sites (tertiary alicyclic amines) is 1. The summed E-state index contributed by atoms with van der Waals surface area (Å²) in [6.45, 7) is 0.724. The molecule has 1 radical (unpaired) electrons. The van der Waals surface area contributed by atoms with E-state index in [0.717, 1.165) is 6.54 Å². The average molecular weight is 296 g/mol. The average Bonchev–Trinajstić information content (AvgIpc) is 2.57. The molecule has 3 heteroatoms. The number of piperidine rings is 1. The van der Waals surface area contributed by atoms with Crippen LogP contribution in [0.1, 0.15) is 23.6 Å². The van der Waals surface area contributed by atoms with E-state index >= 15 is 0 Å². The summed E-state index contributed by atoms with van der Waals surface area (Å²) in [6.07, 6.45) is 2.21. The summed E-state index contributed by atoms with van der Waals surface area (Å²) >= 11 is 0. The molecule has 1 saturated heterocycles. The number of rotatable bonds is 4. The van der Waals surface area contributed by atoms with Gasteiger partial charge in [-0.05, 0) is 24.0 Å². The Balaban J connectivity index is 2.01. The lowest BCUT2D eigenvalue weighted by atomic mass is 9.91. The van der Waals surface area contributed by atoms with Crippen molar-refractivity contribution in [3.8, 4) is 0 Å². The molecule has 1 aliphatic heterocycles. The molecular weight excluding hydrogens is 274 g/mol. The lowest BCUT2D eigenvalue weighted by Crippen LogP contribution is -2.52. The Morgan fingerprint density at radius 2 is 1.50 bits per heavy atom. The van der Waals surface area contributed by atoms with Crippen molar-refractivity contribution in [2.24, 2.45) is 0 Å². The highest BCUT2D eigenvalue weighted by atomic mass is 16.3. The summed E-state index contributed by atoms with van der Waals surface area (Å²) in [7, 11) is 0. The molecular formula is C19H22NO2. The van der Waals surface area contributed by atoms with Gasteiger partial charge in [0.2, 0.25) is 0 Å². The second-order valence-corrected chi connectivity index (χ2v) is 5.76. The molecule has 115 valence electrons. The maximum Gasteiger partial charge on any atom is 0.0721 e. The first-order valence-electron chi connectivity index (χ1n) is 7.77. The van der Waals surface area contributed by atoms with Gasteiger partial charge in [-0.1, -0.05) is 60.7 Å². The molecule has 2 aromatic carbocycles. The second kappa shape index (κ2) is 7.05. The fourth-order valence-electron chi connectivity index (χ4n) is 3.28. The zero-order chi connectivity index (χ0) is 15.4. The molecule has 2 aromatic rings. The molecule has 22 heavy (non-hydrogen) atoms. The topological polar surface area (TPSA) is 43.7 Å². The molecule has 3 nitrogen and oxygen atoms in total. The molecule has 3 rings (SSSR count). The van der Waals surface area contributed by atoms with Crippen LogP contribution in [0, 0.1) is 6.42 Å². The maximum absolute atomic E-state index is 10.2. The summed E-state index contributed by atoms with van der Waals surface area (Å²) in [4.78, 5) is 2.19. The minimum atomic E-state index is -0.520. The van der Waals surface area contributed by atoms with E-state index in [2.05, 4.69) is 35.6 Å². The quantitative estimate of drug-likeness (QED) is 0.910. The van der Waals surface area contributed by atoms with E-state index < -0.39 is 6.10 Å². The molecule has 1 fully saturated rings. The molecule has 1 heterocycles. The molecule has 0 spiro atoms. The van der Waals surface area contributed by atoms with Gasteiger partial charge in [-0.25, -0.2) is 0 Å². The van der Waals surface area contributed by atoms with Gasteiger partial charge in [0.05, 0.1) is 24.8 Å². The van der Waals surface area contributed by atoms with Crippen molar-refractivity contribution in [3.05, 3.63) is 78.2 Å². The van der Waals surface area contributed by atoms with Gasteiger partial charge >= 0.3 is 0 Å². The first kappa shape index (κ1) is 15.2. The second-order valence-electron chi connectivity index (χ2n) is 5.76. The van der Waals surface area contributed by atoms with Crippen LogP contribution in [0.5, 0.6) is 0 Å². The van der Waals surface area contributed by atoms with Gasteiger partial charge in [-0.15, -0.1) is 0 Å². The van der Waals surface area contributed by atoms with Gasteiger partial charge in [0.25, 0.3) is 0 Å². The SMILES string of the molecule is OCC1C(O)C[CH]CN1C(c1ccccc1)c1ccccc1. The predicted molar refractivity (Wildman–Crippen MR) is 87.2 cm³/mol. The molecule has 0 aliphatic carbocycles. The third-order valence-electron chi connectivity index (χ3n) is 4.37. The van der Waals surface area contributed by atoms with E-state index in [-0.39, 0.29) is 18.7 Å². The van der Waals surface area contributed by atoms with Gasteiger partial charge in [0, 0.05) is 6.54 Å². The van der Waals surface area contributed by atoms with Gasteiger partial charge in [-0.3, -0.25) is 4.90 Å². The number of nitrogens with zero attached hydrogens (tertiary/aromatic N) is 1. The highest BCUT2D eigenvalue weighted by molar-refractivity contribution is 5.32. The smallest absolute Gasteiger partial charge is 0.0721 e. The van der Waals surface area contributed by atoms with Crippen molar-refractivity contribution in [2.75, 3.05) is 13.2 Å². The van der Waals surface area contributed by atoms with Crippen LogP contribution in [0.3, 0.4) is 0 Å². The van der Waals surface area contributed by atoms with E-state index in [1.165, 1.54) is 11.1 Å². The third kappa shape index (κ3) is 3.07. The van der Waals surface area contributed by atoms with E-state index in [1.54, 1.807) is 0 Å². The number of benzene rings is 2. The Morgan fingerprint density at radius 1 is 0.955 bits per heavy atom. The van der Waals surface area contributed by atoms with Crippen molar-refractivity contribution in [3.63, 3.8) is 0 Å². The van der Waals surface area contributed by atoms with Crippen LogP contribution in [0.25, 0.3) is 0 Å². The van der Waals surface area contributed by atoms with Crippen molar-refractivity contribution in [1.29, 1.82) is 0 Å². The summed E-state index contributed by atoms with van der Waals surface area (Å²) in [5.74, 6) is 0. The van der Waals surface area contributed by atoms with Crippen LogP contribution in [-0.2, 0) is 0 Å². The van der Waals surface area contributed by atoms with Gasteiger partial charge in [-0.2, -0.15) is 0 Å². The van der Waals surface area contributed by atoms with E-state index in [4.69, 9.17) is 0 Å². The zero-order valence-electron chi connectivity index (χ0n) is 12.5. The largest absolute Gasteiger partial charge is 0.395 e. The van der Waals surface area contributed by atoms with Crippen molar-refractivity contribution in [1.82, 2.24) is 4.90 Å². The Hall–Kier alpha value is -1.68. The normalized spacial score (nSPS) is 22.9. The first-order valence-corrected chi connectivity index (χ1v) is 7.77. The van der Waals surface area contributed by atoms with E-state index in [1.807, 2.05) is 36.4 Å². The van der Waals surface area contributed by atoms with Crippen molar-refractivity contribution >= 4 is 0 Å². The molecule has 0 aromatic heterocycles. The van der Waals surface area contributed by atoms with E-state index in [9.17, 15) is 10.2 Å². The Bertz CT molecular complexity index is 533. The van der Waals surface area contributed by atoms with Gasteiger partial charge in [0.15, 0.2) is 0 Å². The maximum atomic E-state index is 10.2. The minimum Gasteiger partial charge on any atom is -0.395 e. The molecule has 0 saturated carbocycles. The molecule has 2 atom stereocenters. The first-order chi connectivity index (χ1) is 10.8. The molecule has 2 N–H and O–H groups in total. The lowest BCUT2D eigenvalue weighted by molar-refractivity contribution is -0.0138. The summed E-state index contributed by atoms with van der Waals surface area (Å²) in [5, 5.41) is 20.0. The number of hydrogen-bond donors (Lipinski definition) is 2. The summed E-state index contributed by atoms with van der Waals surface area (Å²) in [6, 6.07) is 20.3. The molecule has 2 unspecified atom stereocenters. The molecule has 1 aliphatic rings. The van der Waals surface area contributed by atoms with Gasteiger partial charge in [0.1, 0.15) is 0 Å². The summed E-state index contributed by atoms with van der Waals surface area (Å²) < 4.78 is 0.